The van der Waals surface area contributed by atoms with Crippen LogP contribution < -0.4 is 5.73 Å². The average molecular weight is 265 g/mol. The van der Waals surface area contributed by atoms with Crippen LogP contribution in [0.5, 0.6) is 0 Å². The number of hydrogen-bond donors (Lipinski definition) is 1. The van der Waals surface area contributed by atoms with Crippen molar-refractivity contribution in [2.75, 3.05) is 5.73 Å². The van der Waals surface area contributed by atoms with Crippen LogP contribution in [0.1, 0.15) is 5.56 Å². The molecular formula is C15H15N5. The lowest BCUT2D eigenvalue weighted by Gasteiger charge is -2.08. The summed E-state index contributed by atoms with van der Waals surface area (Å²) in [7, 11) is 0. The highest BCUT2D eigenvalue weighted by Gasteiger charge is 2.06. The van der Waals surface area contributed by atoms with Crippen molar-refractivity contribution in [3.05, 3.63) is 60.9 Å². The third-order valence-electron chi connectivity index (χ3n) is 3.15. The van der Waals surface area contributed by atoms with E-state index in [-0.39, 0.29) is 0 Å². The molecule has 3 aromatic rings. The minimum Gasteiger partial charge on any atom is -0.384 e. The minimum absolute atomic E-state index is 0.516. The molecule has 3 aromatic heterocycles. The summed E-state index contributed by atoms with van der Waals surface area (Å²) < 4.78 is 2.11. The van der Waals surface area contributed by atoms with Crippen LogP contribution in [-0.2, 0) is 13.0 Å². The van der Waals surface area contributed by atoms with Crippen molar-refractivity contribution >= 4 is 5.82 Å². The Kier molecular flexibility index (Phi) is 3.41. The second kappa shape index (κ2) is 5.52. The number of anilines is 1. The summed E-state index contributed by atoms with van der Waals surface area (Å²) in [6, 6.07) is 7.83. The molecule has 3 heterocycles. The number of nitrogen functional groups attached to an aromatic ring is 1. The summed E-state index contributed by atoms with van der Waals surface area (Å²) in [5.74, 6) is 0.516. The van der Waals surface area contributed by atoms with Gasteiger partial charge in [0.2, 0.25) is 0 Å². The number of aryl methyl sites for hydroxylation is 2. The first kappa shape index (κ1) is 12.3. The van der Waals surface area contributed by atoms with Crippen molar-refractivity contribution in [2.24, 2.45) is 0 Å². The molecule has 5 nitrogen and oxygen atoms in total. The molecule has 100 valence electrons. The van der Waals surface area contributed by atoms with Gasteiger partial charge in [0.05, 0.1) is 18.2 Å². The lowest BCUT2D eigenvalue weighted by molar-refractivity contribution is 0.700. The highest BCUT2D eigenvalue weighted by molar-refractivity contribution is 5.61. The van der Waals surface area contributed by atoms with Gasteiger partial charge in [0.25, 0.3) is 0 Å². The van der Waals surface area contributed by atoms with Crippen LogP contribution in [0.15, 0.2) is 55.4 Å². The Morgan fingerprint density at radius 1 is 1.10 bits per heavy atom. The van der Waals surface area contributed by atoms with E-state index in [1.54, 1.807) is 12.4 Å². The fourth-order valence-electron chi connectivity index (χ4n) is 2.14. The van der Waals surface area contributed by atoms with Crippen LogP contribution in [0.4, 0.5) is 5.82 Å². The van der Waals surface area contributed by atoms with Crippen molar-refractivity contribution in [1.82, 2.24) is 19.5 Å². The van der Waals surface area contributed by atoms with Gasteiger partial charge in [-0.25, -0.2) is 9.97 Å². The number of nitrogens with two attached hydrogens (primary N) is 1. The van der Waals surface area contributed by atoms with Crippen molar-refractivity contribution in [1.29, 1.82) is 0 Å². The highest BCUT2D eigenvalue weighted by atomic mass is 15.0. The van der Waals surface area contributed by atoms with Gasteiger partial charge < -0.3 is 10.3 Å². The maximum Gasteiger partial charge on any atom is 0.123 e. The molecular weight excluding hydrogens is 250 g/mol. The molecule has 0 fully saturated rings. The number of aromatic nitrogens is 4. The minimum atomic E-state index is 0.516. The molecule has 0 aliphatic rings. The van der Waals surface area contributed by atoms with Gasteiger partial charge in [-0.2, -0.15) is 0 Å². The van der Waals surface area contributed by atoms with Crippen molar-refractivity contribution < 1.29 is 0 Å². The zero-order valence-electron chi connectivity index (χ0n) is 11.0. The monoisotopic (exact) mass is 265 g/mol. The molecule has 0 radical (unpaired) electrons. The lowest BCUT2D eigenvalue weighted by atomic mass is 10.2. The summed E-state index contributed by atoms with van der Waals surface area (Å²) in [5, 5.41) is 0. The number of rotatable bonds is 4. The molecule has 0 bridgehead atoms. The van der Waals surface area contributed by atoms with E-state index in [0.29, 0.717) is 5.82 Å². The van der Waals surface area contributed by atoms with E-state index in [9.17, 15) is 0 Å². The van der Waals surface area contributed by atoms with E-state index < -0.39 is 0 Å². The smallest absolute Gasteiger partial charge is 0.123 e. The zero-order chi connectivity index (χ0) is 13.8. The molecule has 0 aromatic carbocycles. The quantitative estimate of drug-likeness (QED) is 0.784. The summed E-state index contributed by atoms with van der Waals surface area (Å²) in [6.07, 6.45) is 9.98. The van der Waals surface area contributed by atoms with Gasteiger partial charge in [-0.3, -0.25) is 4.98 Å². The molecule has 0 saturated heterocycles. The van der Waals surface area contributed by atoms with Crippen molar-refractivity contribution in [3.8, 4) is 11.3 Å². The van der Waals surface area contributed by atoms with Crippen LogP contribution in [-0.4, -0.2) is 19.5 Å². The highest BCUT2D eigenvalue weighted by Crippen LogP contribution is 2.20. The van der Waals surface area contributed by atoms with Crippen LogP contribution in [0.25, 0.3) is 11.3 Å². The topological polar surface area (TPSA) is 69.6 Å². The molecule has 3 rings (SSSR count). The van der Waals surface area contributed by atoms with E-state index in [4.69, 9.17) is 5.73 Å². The molecule has 0 spiro atoms. The van der Waals surface area contributed by atoms with Gasteiger partial charge in [-0.1, -0.05) is 6.07 Å². The molecule has 2 N–H and O–H groups in total. The second-order valence-electron chi connectivity index (χ2n) is 4.55. The summed E-state index contributed by atoms with van der Waals surface area (Å²) >= 11 is 0. The Bertz CT molecular complexity index is 690. The normalized spacial score (nSPS) is 10.6. The molecule has 20 heavy (non-hydrogen) atoms. The Hall–Kier alpha value is -2.69. The predicted molar refractivity (Wildman–Crippen MR) is 77.8 cm³/mol. The number of hydrogen-bond acceptors (Lipinski definition) is 4. The number of pyridine rings is 2. The van der Waals surface area contributed by atoms with E-state index in [1.165, 1.54) is 5.56 Å². The van der Waals surface area contributed by atoms with Gasteiger partial charge in [0.15, 0.2) is 0 Å². The Labute approximate surface area is 117 Å². The molecule has 0 aliphatic carbocycles. The molecule has 0 atom stereocenters. The van der Waals surface area contributed by atoms with Crippen molar-refractivity contribution in [3.63, 3.8) is 0 Å². The predicted octanol–water partition coefficient (Wildman–Crippen LogP) is 2.17. The molecule has 0 aliphatic heterocycles. The Morgan fingerprint density at radius 2 is 2.05 bits per heavy atom. The van der Waals surface area contributed by atoms with Gasteiger partial charge in [0.1, 0.15) is 5.82 Å². The standard InChI is InChI=1S/C15H15N5/c16-15-8-13(3-6-19-15)14-10-18-11-20(14)7-4-12-2-1-5-17-9-12/h1-3,5-6,8-11H,4,7H2,(H2,16,19). The van der Waals surface area contributed by atoms with Gasteiger partial charge in [-0.15, -0.1) is 0 Å². The SMILES string of the molecule is Nc1cc(-c2cncn2CCc2cccnc2)ccn1. The molecule has 5 heteroatoms. The average Bonchev–Trinajstić information content (AvgIpc) is 2.95. The first-order valence-corrected chi connectivity index (χ1v) is 6.44. The second-order valence-corrected chi connectivity index (χ2v) is 4.55. The van der Waals surface area contributed by atoms with E-state index in [0.717, 1.165) is 24.2 Å². The first-order valence-electron chi connectivity index (χ1n) is 6.44. The molecule has 0 unspecified atom stereocenters. The summed E-state index contributed by atoms with van der Waals surface area (Å²) in [5.41, 5.74) is 9.01. The van der Waals surface area contributed by atoms with Gasteiger partial charge in [-0.05, 0) is 30.2 Å². The number of imidazole rings is 1. The van der Waals surface area contributed by atoms with Crippen LogP contribution >= 0.6 is 0 Å². The van der Waals surface area contributed by atoms with Crippen LogP contribution in [0.3, 0.4) is 0 Å². The summed E-state index contributed by atoms with van der Waals surface area (Å²) in [4.78, 5) is 12.4. The Morgan fingerprint density at radius 3 is 2.85 bits per heavy atom. The maximum absolute atomic E-state index is 5.73. The van der Waals surface area contributed by atoms with E-state index in [1.807, 2.05) is 36.9 Å². The third kappa shape index (κ3) is 2.66. The molecule has 0 amide bonds. The molecule has 0 saturated carbocycles. The lowest BCUT2D eigenvalue weighted by Crippen LogP contribution is -2.02. The van der Waals surface area contributed by atoms with Crippen LogP contribution in [0, 0.1) is 0 Å². The fraction of sp³-hybridized carbons (Fsp3) is 0.133. The summed E-state index contributed by atoms with van der Waals surface area (Å²) in [6.45, 7) is 0.850. The van der Waals surface area contributed by atoms with E-state index >= 15 is 0 Å². The third-order valence-corrected chi connectivity index (χ3v) is 3.15. The maximum atomic E-state index is 5.73. The van der Waals surface area contributed by atoms with Gasteiger partial charge in [0, 0.05) is 30.7 Å². The number of nitrogens with zero attached hydrogens (tertiary/aromatic N) is 4. The Balaban J connectivity index is 1.80. The largest absolute Gasteiger partial charge is 0.384 e. The van der Waals surface area contributed by atoms with E-state index in [2.05, 4.69) is 25.6 Å². The van der Waals surface area contributed by atoms with Crippen LogP contribution in [0.2, 0.25) is 0 Å². The van der Waals surface area contributed by atoms with Crippen molar-refractivity contribution in [2.45, 2.75) is 13.0 Å². The fourth-order valence-corrected chi connectivity index (χ4v) is 2.14. The van der Waals surface area contributed by atoms with Gasteiger partial charge >= 0.3 is 0 Å². The first-order chi connectivity index (χ1) is 9.83. The zero-order valence-corrected chi connectivity index (χ0v) is 11.0.